The van der Waals surface area contributed by atoms with Crippen molar-refractivity contribution in [3.63, 3.8) is 0 Å². The largest absolute Gasteiger partial charge is 0.355 e. The van der Waals surface area contributed by atoms with Crippen molar-refractivity contribution in [3.8, 4) is 0 Å². The number of hydrogen-bond acceptors (Lipinski definition) is 5. The van der Waals surface area contributed by atoms with Gasteiger partial charge >= 0.3 is 0 Å². The van der Waals surface area contributed by atoms with Crippen LogP contribution < -0.4 is 10.6 Å². The Bertz CT molecular complexity index is 475. The molecule has 0 aliphatic carbocycles. The van der Waals surface area contributed by atoms with Crippen LogP contribution in [-0.4, -0.2) is 54.8 Å². The maximum Gasteiger partial charge on any atom is 0.233 e. The molecular weight excluding hydrogens is 292 g/mol. The molecule has 6 nitrogen and oxygen atoms in total. The van der Waals surface area contributed by atoms with E-state index >= 15 is 0 Å². The zero-order valence-electron chi connectivity index (χ0n) is 14.2. The summed E-state index contributed by atoms with van der Waals surface area (Å²) in [6.45, 7) is 8.99. The number of rotatable bonds is 12. The maximum absolute atomic E-state index is 11.7. The zero-order valence-corrected chi connectivity index (χ0v) is 14.2. The summed E-state index contributed by atoms with van der Waals surface area (Å²) in [6.07, 6.45) is 4.47. The molecule has 0 atom stereocenters. The maximum atomic E-state index is 11.7. The fourth-order valence-corrected chi connectivity index (χ4v) is 2.26. The molecule has 1 aromatic rings. The average molecular weight is 320 g/mol. The third kappa shape index (κ3) is 8.42. The topological polar surface area (TPSA) is 74.3 Å². The molecule has 1 rings (SSSR count). The summed E-state index contributed by atoms with van der Waals surface area (Å²) in [5.74, 6) is -0.0145. The quantitative estimate of drug-likeness (QED) is 0.447. The predicted molar refractivity (Wildman–Crippen MR) is 91.4 cm³/mol. The molecule has 128 valence electrons. The van der Waals surface area contributed by atoms with Crippen molar-refractivity contribution < 1.29 is 9.59 Å². The molecule has 0 saturated heterocycles. The number of nitrogens with one attached hydrogen (secondary N) is 2. The number of pyridine rings is 1. The second-order valence-corrected chi connectivity index (χ2v) is 5.39. The molecular formula is C17H28N4O2. The van der Waals surface area contributed by atoms with Gasteiger partial charge in [0.1, 0.15) is 6.29 Å². The van der Waals surface area contributed by atoms with Crippen LogP contribution in [0.1, 0.15) is 42.7 Å². The van der Waals surface area contributed by atoms with Crippen LogP contribution in [0.3, 0.4) is 0 Å². The van der Waals surface area contributed by atoms with Crippen LogP contribution in [0.15, 0.2) is 18.3 Å². The van der Waals surface area contributed by atoms with Crippen molar-refractivity contribution in [1.29, 1.82) is 0 Å². The molecule has 0 spiro atoms. The highest BCUT2D eigenvalue weighted by Gasteiger charge is 2.02. The van der Waals surface area contributed by atoms with Crippen LogP contribution in [0.2, 0.25) is 0 Å². The van der Waals surface area contributed by atoms with E-state index in [2.05, 4.69) is 34.4 Å². The van der Waals surface area contributed by atoms with Gasteiger partial charge in [0.15, 0.2) is 0 Å². The Morgan fingerprint density at radius 2 is 2.09 bits per heavy atom. The van der Waals surface area contributed by atoms with E-state index in [1.54, 1.807) is 18.3 Å². The number of nitrogens with zero attached hydrogens (tertiary/aromatic N) is 2. The van der Waals surface area contributed by atoms with Gasteiger partial charge in [0, 0.05) is 24.8 Å². The van der Waals surface area contributed by atoms with Gasteiger partial charge in [0.05, 0.1) is 12.2 Å². The summed E-state index contributed by atoms with van der Waals surface area (Å²) in [7, 11) is 0. The van der Waals surface area contributed by atoms with Crippen molar-refractivity contribution >= 4 is 12.2 Å². The van der Waals surface area contributed by atoms with Crippen LogP contribution in [0, 0.1) is 0 Å². The highest BCUT2D eigenvalue weighted by atomic mass is 16.1. The van der Waals surface area contributed by atoms with Crippen LogP contribution in [0.5, 0.6) is 0 Å². The molecule has 0 unspecified atom stereocenters. The normalized spacial score (nSPS) is 10.7. The number of aldehydes is 1. The average Bonchev–Trinajstić information content (AvgIpc) is 2.58. The first kappa shape index (κ1) is 19.3. The van der Waals surface area contributed by atoms with Crippen molar-refractivity contribution in [2.45, 2.75) is 33.2 Å². The molecule has 0 fully saturated rings. The number of unbranched alkanes of at least 4 members (excludes halogenated alkanes) is 1. The van der Waals surface area contributed by atoms with E-state index < -0.39 is 0 Å². The van der Waals surface area contributed by atoms with Gasteiger partial charge in [0.2, 0.25) is 5.91 Å². The van der Waals surface area contributed by atoms with E-state index in [4.69, 9.17) is 0 Å². The summed E-state index contributed by atoms with van der Waals surface area (Å²) in [4.78, 5) is 28.9. The van der Waals surface area contributed by atoms with E-state index in [9.17, 15) is 9.59 Å². The zero-order chi connectivity index (χ0) is 16.9. The van der Waals surface area contributed by atoms with Gasteiger partial charge in [-0.3, -0.25) is 14.6 Å². The molecule has 1 amide bonds. The van der Waals surface area contributed by atoms with E-state index in [1.165, 1.54) is 0 Å². The Morgan fingerprint density at radius 3 is 2.78 bits per heavy atom. The summed E-state index contributed by atoms with van der Waals surface area (Å²) in [5.41, 5.74) is 1.34. The number of carbonyl (C=O) groups excluding carboxylic acids is 2. The Kier molecular flexibility index (Phi) is 9.83. The van der Waals surface area contributed by atoms with Crippen LogP contribution >= 0.6 is 0 Å². The van der Waals surface area contributed by atoms with Gasteiger partial charge in [-0.25, -0.2) is 0 Å². The number of amides is 1. The molecule has 0 bridgehead atoms. The molecule has 23 heavy (non-hydrogen) atoms. The third-order valence-corrected chi connectivity index (χ3v) is 3.69. The van der Waals surface area contributed by atoms with E-state index in [0.29, 0.717) is 18.7 Å². The minimum absolute atomic E-state index is 0.0145. The smallest absolute Gasteiger partial charge is 0.233 e. The molecule has 0 saturated carbocycles. The lowest BCUT2D eigenvalue weighted by Gasteiger charge is -2.17. The van der Waals surface area contributed by atoms with E-state index in [0.717, 1.165) is 44.5 Å². The first-order valence-corrected chi connectivity index (χ1v) is 8.29. The third-order valence-electron chi connectivity index (χ3n) is 3.69. The van der Waals surface area contributed by atoms with Gasteiger partial charge in [-0.1, -0.05) is 13.8 Å². The van der Waals surface area contributed by atoms with Gasteiger partial charge < -0.3 is 15.5 Å². The van der Waals surface area contributed by atoms with Crippen molar-refractivity contribution in [2.75, 3.05) is 32.7 Å². The van der Waals surface area contributed by atoms with Gasteiger partial charge in [0.25, 0.3) is 0 Å². The number of carbonyl (C=O) groups is 2. The molecule has 0 aliphatic rings. The minimum Gasteiger partial charge on any atom is -0.355 e. The Hall–Kier alpha value is -1.79. The molecule has 6 heteroatoms. The standard InChI is InChI=1S/C17H28N4O2/c1-3-21(4-2)10-6-5-8-20-17(23)13-18-12-16-11-15(14-22)7-9-19-16/h7,9,11,14,18H,3-6,8,10,12-13H2,1-2H3,(H,20,23). The fraction of sp³-hybridized carbons (Fsp3) is 0.588. The molecule has 1 aromatic heterocycles. The summed E-state index contributed by atoms with van der Waals surface area (Å²) in [5, 5.41) is 5.94. The van der Waals surface area contributed by atoms with Crippen LogP contribution in [0.4, 0.5) is 0 Å². The molecule has 0 aromatic carbocycles. The Labute approximate surface area is 138 Å². The number of hydrogen-bond donors (Lipinski definition) is 2. The van der Waals surface area contributed by atoms with Gasteiger partial charge in [-0.15, -0.1) is 0 Å². The van der Waals surface area contributed by atoms with Crippen molar-refractivity contribution in [2.24, 2.45) is 0 Å². The first-order valence-electron chi connectivity index (χ1n) is 8.29. The second kappa shape index (κ2) is 11.7. The predicted octanol–water partition coefficient (Wildman–Crippen LogP) is 1.22. The SMILES string of the molecule is CCN(CC)CCCCNC(=O)CNCc1cc(C=O)ccn1. The van der Waals surface area contributed by atoms with Gasteiger partial charge in [-0.2, -0.15) is 0 Å². The van der Waals surface area contributed by atoms with Crippen LogP contribution in [0.25, 0.3) is 0 Å². The lowest BCUT2D eigenvalue weighted by atomic mass is 10.2. The Balaban J connectivity index is 2.09. The van der Waals surface area contributed by atoms with Crippen molar-refractivity contribution in [1.82, 2.24) is 20.5 Å². The molecule has 0 radical (unpaired) electrons. The van der Waals surface area contributed by atoms with E-state index in [1.807, 2.05) is 0 Å². The first-order chi connectivity index (χ1) is 11.2. The molecule has 0 aliphatic heterocycles. The lowest BCUT2D eigenvalue weighted by Crippen LogP contribution is -2.34. The monoisotopic (exact) mass is 320 g/mol. The summed E-state index contributed by atoms with van der Waals surface area (Å²) < 4.78 is 0. The summed E-state index contributed by atoms with van der Waals surface area (Å²) >= 11 is 0. The Morgan fingerprint density at radius 1 is 1.30 bits per heavy atom. The molecule has 2 N–H and O–H groups in total. The molecule has 1 heterocycles. The summed E-state index contributed by atoms with van der Waals surface area (Å²) in [6, 6.07) is 3.37. The van der Waals surface area contributed by atoms with Gasteiger partial charge in [-0.05, 0) is 44.6 Å². The van der Waals surface area contributed by atoms with Crippen molar-refractivity contribution in [3.05, 3.63) is 29.6 Å². The van der Waals surface area contributed by atoms with Crippen LogP contribution in [-0.2, 0) is 11.3 Å². The number of aromatic nitrogens is 1. The highest BCUT2D eigenvalue weighted by Crippen LogP contribution is 1.98. The lowest BCUT2D eigenvalue weighted by molar-refractivity contribution is -0.120. The second-order valence-electron chi connectivity index (χ2n) is 5.39. The highest BCUT2D eigenvalue weighted by molar-refractivity contribution is 5.78. The van der Waals surface area contributed by atoms with E-state index in [-0.39, 0.29) is 12.5 Å². The fourth-order valence-electron chi connectivity index (χ4n) is 2.26. The minimum atomic E-state index is -0.0145.